The van der Waals surface area contributed by atoms with Crippen molar-refractivity contribution in [3.05, 3.63) is 0 Å². The van der Waals surface area contributed by atoms with Crippen molar-refractivity contribution < 1.29 is 94.2 Å². The molecule has 212 valence electrons. The van der Waals surface area contributed by atoms with Crippen molar-refractivity contribution in [1.29, 1.82) is 0 Å². The normalized spacial score (nSPS) is 48.8. The van der Waals surface area contributed by atoms with Crippen LogP contribution in [0, 0.1) is 0 Å². The Kier molecular flexibility index (Phi) is 9.01. The van der Waals surface area contributed by atoms with Crippen molar-refractivity contribution in [2.24, 2.45) is 0 Å². The lowest BCUT2D eigenvalue weighted by atomic mass is 9.95. The first-order valence-corrected chi connectivity index (χ1v) is 10.6. The Labute approximate surface area is 205 Å². The summed E-state index contributed by atoms with van der Waals surface area (Å²) in [4.78, 5) is 34.5. The first-order valence-electron chi connectivity index (χ1n) is 10.6. The van der Waals surface area contributed by atoms with E-state index in [4.69, 9.17) is 24.1 Å². The van der Waals surface area contributed by atoms with E-state index < -0.39 is 110 Å². The molecule has 15 atom stereocenters. The first-order chi connectivity index (χ1) is 17.2. The second-order valence-corrected chi connectivity index (χ2v) is 8.45. The maximum Gasteiger partial charge on any atom is 0.335 e. The van der Waals surface area contributed by atoms with Gasteiger partial charge in [-0.15, -0.1) is 0 Å². The van der Waals surface area contributed by atoms with Gasteiger partial charge in [-0.05, 0) is 0 Å². The lowest BCUT2D eigenvalue weighted by Crippen LogP contribution is -2.67. The molecule has 19 heteroatoms. The third-order valence-corrected chi connectivity index (χ3v) is 5.99. The molecule has 0 aromatic carbocycles. The van der Waals surface area contributed by atoms with Gasteiger partial charge in [-0.25, -0.2) is 14.4 Å². The van der Waals surface area contributed by atoms with Gasteiger partial charge >= 0.3 is 17.9 Å². The van der Waals surface area contributed by atoms with Crippen LogP contribution >= 0.6 is 0 Å². The molecule has 3 aliphatic heterocycles. The van der Waals surface area contributed by atoms with Crippen LogP contribution in [0.5, 0.6) is 0 Å². The SMILES string of the molecule is O=C(O)[C@H]1O[C@@H](O[C@@H]2[C@H](O)[C@@H](O)[C@@H](O[C@@H]3[C@H](O)[C@@H](O)[C@@H](O)O[C@@H]3C(=O)O)O[C@@H]2C(=O)O)[C@H](O)[C@@H](O)[C@H]1O. The number of aliphatic hydroxyl groups is 8. The second kappa shape index (κ2) is 11.3. The van der Waals surface area contributed by atoms with E-state index in [2.05, 4.69) is 4.74 Å². The molecular weight excluding hydrogens is 520 g/mol. The lowest BCUT2D eigenvalue weighted by molar-refractivity contribution is -0.368. The van der Waals surface area contributed by atoms with E-state index in [-0.39, 0.29) is 0 Å². The molecule has 3 fully saturated rings. The van der Waals surface area contributed by atoms with Crippen molar-refractivity contribution in [3.8, 4) is 0 Å². The molecular formula is C18H26O19. The third kappa shape index (κ3) is 5.68. The van der Waals surface area contributed by atoms with Gasteiger partial charge in [0.1, 0.15) is 54.9 Å². The van der Waals surface area contributed by atoms with Crippen LogP contribution in [0.4, 0.5) is 0 Å². The number of rotatable bonds is 7. The molecule has 0 bridgehead atoms. The summed E-state index contributed by atoms with van der Waals surface area (Å²) in [6, 6.07) is 0. The fourth-order valence-corrected chi connectivity index (χ4v) is 3.98. The summed E-state index contributed by atoms with van der Waals surface area (Å²) in [5.41, 5.74) is 0. The average molecular weight is 546 g/mol. The molecule has 3 rings (SSSR count). The van der Waals surface area contributed by atoms with Gasteiger partial charge in [-0.2, -0.15) is 0 Å². The Morgan fingerprint density at radius 1 is 0.459 bits per heavy atom. The lowest BCUT2D eigenvalue weighted by Gasteiger charge is -2.46. The van der Waals surface area contributed by atoms with Crippen LogP contribution in [0.1, 0.15) is 0 Å². The number of carboxylic acids is 3. The summed E-state index contributed by atoms with van der Waals surface area (Å²) in [5, 5.41) is 108. The molecule has 3 saturated heterocycles. The quantitative estimate of drug-likeness (QED) is 0.141. The van der Waals surface area contributed by atoms with Crippen LogP contribution in [0.15, 0.2) is 0 Å². The summed E-state index contributed by atoms with van der Waals surface area (Å²) in [6.07, 6.45) is -32.5. The average Bonchev–Trinajstić information content (AvgIpc) is 2.82. The van der Waals surface area contributed by atoms with Gasteiger partial charge in [-0.1, -0.05) is 0 Å². The van der Waals surface area contributed by atoms with Gasteiger partial charge in [0, 0.05) is 0 Å². The molecule has 0 aromatic heterocycles. The molecule has 0 saturated carbocycles. The molecule has 3 aliphatic rings. The van der Waals surface area contributed by atoms with E-state index >= 15 is 0 Å². The molecule has 0 aliphatic carbocycles. The zero-order valence-electron chi connectivity index (χ0n) is 18.3. The molecule has 11 N–H and O–H groups in total. The Balaban J connectivity index is 1.81. The summed E-state index contributed by atoms with van der Waals surface area (Å²) in [5.74, 6) is -5.46. The summed E-state index contributed by atoms with van der Waals surface area (Å²) < 4.78 is 24.8. The summed E-state index contributed by atoms with van der Waals surface area (Å²) in [7, 11) is 0. The maximum atomic E-state index is 11.8. The molecule has 37 heavy (non-hydrogen) atoms. The Bertz CT molecular complexity index is 853. The highest BCUT2D eigenvalue weighted by Gasteiger charge is 2.56. The van der Waals surface area contributed by atoms with Crippen LogP contribution in [0.2, 0.25) is 0 Å². The molecule has 19 nitrogen and oxygen atoms in total. The van der Waals surface area contributed by atoms with Gasteiger partial charge < -0.3 is 79.9 Å². The van der Waals surface area contributed by atoms with Crippen LogP contribution in [-0.2, 0) is 38.1 Å². The third-order valence-electron chi connectivity index (χ3n) is 5.99. The van der Waals surface area contributed by atoms with Crippen LogP contribution in [-0.4, -0.2) is 166 Å². The van der Waals surface area contributed by atoms with Crippen molar-refractivity contribution in [3.63, 3.8) is 0 Å². The Morgan fingerprint density at radius 3 is 1.30 bits per heavy atom. The van der Waals surface area contributed by atoms with Crippen molar-refractivity contribution in [2.75, 3.05) is 0 Å². The topological polar surface area (TPSA) is 320 Å². The zero-order valence-corrected chi connectivity index (χ0v) is 18.3. The minimum Gasteiger partial charge on any atom is -0.479 e. The van der Waals surface area contributed by atoms with Crippen LogP contribution < -0.4 is 0 Å². The van der Waals surface area contributed by atoms with Crippen LogP contribution in [0.3, 0.4) is 0 Å². The summed E-state index contributed by atoms with van der Waals surface area (Å²) in [6.45, 7) is 0. The van der Waals surface area contributed by atoms with Gasteiger partial charge in [0.25, 0.3) is 0 Å². The maximum absolute atomic E-state index is 11.8. The molecule has 0 amide bonds. The largest absolute Gasteiger partial charge is 0.479 e. The number of hydrogen-bond acceptors (Lipinski definition) is 16. The Morgan fingerprint density at radius 2 is 0.838 bits per heavy atom. The van der Waals surface area contributed by atoms with Crippen molar-refractivity contribution in [1.82, 2.24) is 0 Å². The number of ether oxygens (including phenoxy) is 5. The van der Waals surface area contributed by atoms with E-state index in [0.717, 1.165) is 0 Å². The zero-order chi connectivity index (χ0) is 27.9. The number of carboxylic acid groups (broad SMARTS) is 3. The molecule has 0 spiro atoms. The predicted molar refractivity (Wildman–Crippen MR) is 103 cm³/mol. The van der Waals surface area contributed by atoms with Gasteiger partial charge in [-0.3, -0.25) is 0 Å². The number of hydrogen-bond donors (Lipinski definition) is 11. The molecule has 3 heterocycles. The summed E-state index contributed by atoms with van der Waals surface area (Å²) >= 11 is 0. The molecule has 0 aromatic rings. The highest BCUT2D eigenvalue weighted by molar-refractivity contribution is 5.74. The number of aliphatic hydroxyl groups excluding tert-OH is 8. The van der Waals surface area contributed by atoms with E-state index in [1.165, 1.54) is 0 Å². The van der Waals surface area contributed by atoms with E-state index in [1.54, 1.807) is 0 Å². The monoisotopic (exact) mass is 546 g/mol. The van der Waals surface area contributed by atoms with Gasteiger partial charge in [0.05, 0.1) is 0 Å². The smallest absolute Gasteiger partial charge is 0.335 e. The molecule has 0 unspecified atom stereocenters. The molecule has 0 radical (unpaired) electrons. The van der Waals surface area contributed by atoms with E-state index in [9.17, 15) is 65.4 Å². The highest BCUT2D eigenvalue weighted by Crippen LogP contribution is 2.32. The van der Waals surface area contributed by atoms with Gasteiger partial charge in [0.2, 0.25) is 0 Å². The predicted octanol–water partition coefficient (Wildman–Crippen LogP) is -7.30. The minimum absolute atomic E-state index is 1.79. The fourth-order valence-electron chi connectivity index (χ4n) is 3.98. The van der Waals surface area contributed by atoms with Crippen molar-refractivity contribution >= 4 is 17.9 Å². The first kappa shape index (κ1) is 29.4. The minimum atomic E-state index is -2.29. The van der Waals surface area contributed by atoms with E-state index in [0.29, 0.717) is 0 Å². The second-order valence-electron chi connectivity index (χ2n) is 8.45. The van der Waals surface area contributed by atoms with E-state index in [1.807, 2.05) is 0 Å². The fraction of sp³-hybridized carbons (Fsp3) is 0.833. The number of aliphatic carboxylic acids is 3. The highest BCUT2D eigenvalue weighted by atomic mass is 16.8. The van der Waals surface area contributed by atoms with Crippen molar-refractivity contribution in [2.45, 2.75) is 92.1 Å². The number of carbonyl (C=O) groups is 3. The van der Waals surface area contributed by atoms with Gasteiger partial charge in [0.15, 0.2) is 37.2 Å². The Hall–Kier alpha value is -2.11. The standard InChI is InChI=1S/C18H26O19/c19-1-2(20)10(13(26)27)36-17(6(1)24)35-9-4(22)7(25)18(37-12(9)15(30)31)34-8-3(21)5(23)16(32)33-11(8)14(28)29/h1-12,16-25,32H,(H,26,27)(H,28,29)(H,30,31)/t1-,2+,3+,4+,5+,6+,7+,8+,9+,10-,11-,12-,16-,17+,18-/m0/s1. The van der Waals surface area contributed by atoms with Crippen LogP contribution in [0.25, 0.3) is 0 Å².